The molecule has 1 N–H and O–H groups in total. The molecule has 2 aromatic carbocycles. The summed E-state index contributed by atoms with van der Waals surface area (Å²) in [5.41, 5.74) is 3.29. The second-order valence-corrected chi connectivity index (χ2v) is 6.05. The second kappa shape index (κ2) is 7.39. The fourth-order valence-corrected chi connectivity index (χ4v) is 3.15. The number of nitrogens with one attached hydrogen (secondary N) is 1. The van der Waals surface area contributed by atoms with Crippen LogP contribution in [-0.2, 0) is 11.2 Å². The standard InChI is InChI=1S/C20H24N2O2/c1-3-24-18-12-10-17(11-13-18)21-20(23)15(2)22-14-6-8-16-7-4-5-9-19(16)22/h4-5,7,9-13,15H,3,6,8,14H2,1-2H3,(H,21,23). The maximum Gasteiger partial charge on any atom is 0.246 e. The van der Waals surface area contributed by atoms with Crippen molar-refractivity contribution in [1.29, 1.82) is 0 Å². The van der Waals surface area contributed by atoms with Gasteiger partial charge in [-0.05, 0) is 62.6 Å². The summed E-state index contributed by atoms with van der Waals surface area (Å²) < 4.78 is 5.43. The minimum atomic E-state index is -0.210. The highest BCUT2D eigenvalue weighted by atomic mass is 16.5. The average Bonchev–Trinajstić information content (AvgIpc) is 2.62. The fraction of sp³-hybridized carbons (Fsp3) is 0.350. The third-order valence-electron chi connectivity index (χ3n) is 4.43. The van der Waals surface area contributed by atoms with Crippen LogP contribution in [0.15, 0.2) is 48.5 Å². The van der Waals surface area contributed by atoms with Crippen LogP contribution in [0.25, 0.3) is 0 Å². The number of fused-ring (bicyclic) bond motifs is 1. The van der Waals surface area contributed by atoms with Crippen molar-refractivity contribution >= 4 is 17.3 Å². The number of carbonyl (C=O) groups is 1. The zero-order chi connectivity index (χ0) is 16.9. The zero-order valence-corrected chi connectivity index (χ0v) is 14.3. The van der Waals surface area contributed by atoms with E-state index < -0.39 is 0 Å². The number of amides is 1. The van der Waals surface area contributed by atoms with Gasteiger partial charge in [0.2, 0.25) is 5.91 Å². The number of hydrogen-bond acceptors (Lipinski definition) is 3. The lowest BCUT2D eigenvalue weighted by Crippen LogP contribution is -2.44. The summed E-state index contributed by atoms with van der Waals surface area (Å²) in [5, 5.41) is 3.00. The first-order valence-electron chi connectivity index (χ1n) is 8.57. The van der Waals surface area contributed by atoms with Gasteiger partial charge in [0.05, 0.1) is 6.61 Å². The number of anilines is 2. The first kappa shape index (κ1) is 16.4. The Morgan fingerprint density at radius 3 is 2.71 bits per heavy atom. The Bertz CT molecular complexity index is 697. The number of para-hydroxylation sites is 1. The molecule has 0 fully saturated rings. The minimum absolute atomic E-state index is 0.0101. The molecule has 1 aliphatic rings. The normalized spacial score (nSPS) is 14.7. The molecule has 0 aliphatic carbocycles. The summed E-state index contributed by atoms with van der Waals surface area (Å²) in [6, 6.07) is 15.6. The van der Waals surface area contributed by atoms with Crippen LogP contribution < -0.4 is 15.0 Å². The van der Waals surface area contributed by atoms with Gasteiger partial charge in [0.15, 0.2) is 0 Å². The Balaban J connectivity index is 1.69. The second-order valence-electron chi connectivity index (χ2n) is 6.05. The quantitative estimate of drug-likeness (QED) is 0.908. The van der Waals surface area contributed by atoms with Gasteiger partial charge in [0, 0.05) is 17.9 Å². The maximum absolute atomic E-state index is 12.6. The third-order valence-corrected chi connectivity index (χ3v) is 4.43. The molecule has 1 aliphatic heterocycles. The van der Waals surface area contributed by atoms with Crippen molar-refractivity contribution in [2.75, 3.05) is 23.4 Å². The molecule has 1 heterocycles. The fourth-order valence-electron chi connectivity index (χ4n) is 3.15. The van der Waals surface area contributed by atoms with E-state index in [1.165, 1.54) is 11.3 Å². The SMILES string of the molecule is CCOc1ccc(NC(=O)C(C)N2CCCc3ccccc32)cc1. The van der Waals surface area contributed by atoms with Gasteiger partial charge in [-0.1, -0.05) is 18.2 Å². The van der Waals surface area contributed by atoms with Crippen LogP contribution >= 0.6 is 0 Å². The molecule has 0 saturated heterocycles. The molecule has 0 radical (unpaired) electrons. The number of ether oxygens (including phenoxy) is 1. The molecular formula is C20H24N2O2. The van der Waals surface area contributed by atoms with Crippen LogP contribution in [0, 0.1) is 0 Å². The summed E-state index contributed by atoms with van der Waals surface area (Å²) in [7, 11) is 0. The van der Waals surface area contributed by atoms with Crippen molar-refractivity contribution in [3.05, 3.63) is 54.1 Å². The molecule has 4 nitrogen and oxygen atoms in total. The van der Waals surface area contributed by atoms with Crippen LogP contribution in [0.2, 0.25) is 0 Å². The van der Waals surface area contributed by atoms with Gasteiger partial charge in [0.25, 0.3) is 0 Å². The molecular weight excluding hydrogens is 300 g/mol. The lowest BCUT2D eigenvalue weighted by Gasteiger charge is -2.35. The van der Waals surface area contributed by atoms with Crippen LogP contribution in [-0.4, -0.2) is 25.1 Å². The number of hydrogen-bond donors (Lipinski definition) is 1. The Morgan fingerprint density at radius 1 is 1.21 bits per heavy atom. The average molecular weight is 324 g/mol. The van der Waals surface area contributed by atoms with Crippen LogP contribution in [0.3, 0.4) is 0 Å². The third kappa shape index (κ3) is 3.53. The number of nitrogens with zero attached hydrogens (tertiary/aromatic N) is 1. The molecule has 24 heavy (non-hydrogen) atoms. The van der Waals surface area contributed by atoms with Gasteiger partial charge in [0.1, 0.15) is 11.8 Å². The predicted octanol–water partition coefficient (Wildman–Crippen LogP) is 3.87. The number of carbonyl (C=O) groups excluding carboxylic acids is 1. The van der Waals surface area contributed by atoms with Crippen molar-refractivity contribution in [3.8, 4) is 5.75 Å². The summed E-state index contributed by atoms with van der Waals surface area (Å²) in [4.78, 5) is 14.8. The molecule has 1 unspecified atom stereocenters. The summed E-state index contributed by atoms with van der Waals surface area (Å²) >= 11 is 0. The van der Waals surface area contributed by atoms with E-state index in [-0.39, 0.29) is 11.9 Å². The Labute approximate surface area is 143 Å². The van der Waals surface area contributed by atoms with Gasteiger partial charge in [-0.15, -0.1) is 0 Å². The van der Waals surface area contributed by atoms with E-state index in [1.807, 2.05) is 44.2 Å². The van der Waals surface area contributed by atoms with Crippen molar-refractivity contribution < 1.29 is 9.53 Å². The van der Waals surface area contributed by atoms with Crippen molar-refractivity contribution in [2.24, 2.45) is 0 Å². The first-order valence-corrected chi connectivity index (χ1v) is 8.57. The molecule has 126 valence electrons. The monoisotopic (exact) mass is 324 g/mol. The Morgan fingerprint density at radius 2 is 1.96 bits per heavy atom. The first-order chi connectivity index (χ1) is 11.7. The van der Waals surface area contributed by atoms with Crippen molar-refractivity contribution in [2.45, 2.75) is 32.7 Å². The van der Waals surface area contributed by atoms with E-state index in [4.69, 9.17) is 4.74 Å². The maximum atomic E-state index is 12.6. The lowest BCUT2D eigenvalue weighted by molar-refractivity contribution is -0.117. The molecule has 4 heteroatoms. The van der Waals surface area contributed by atoms with E-state index in [1.54, 1.807) is 0 Å². The molecule has 1 atom stereocenters. The molecule has 0 aromatic heterocycles. The van der Waals surface area contributed by atoms with Crippen LogP contribution in [0.1, 0.15) is 25.8 Å². The molecule has 0 saturated carbocycles. The summed E-state index contributed by atoms with van der Waals surface area (Å²) in [6.45, 7) is 5.46. The van der Waals surface area contributed by atoms with Crippen LogP contribution in [0.5, 0.6) is 5.75 Å². The van der Waals surface area contributed by atoms with E-state index in [0.29, 0.717) is 6.61 Å². The van der Waals surface area contributed by atoms with E-state index in [0.717, 1.165) is 30.8 Å². The molecule has 0 spiro atoms. The molecule has 0 bridgehead atoms. The van der Waals surface area contributed by atoms with Gasteiger partial charge in [-0.2, -0.15) is 0 Å². The highest BCUT2D eigenvalue weighted by molar-refractivity contribution is 5.96. The number of aryl methyl sites for hydroxylation is 1. The van der Waals surface area contributed by atoms with Crippen molar-refractivity contribution in [1.82, 2.24) is 0 Å². The topological polar surface area (TPSA) is 41.6 Å². The van der Waals surface area contributed by atoms with Crippen LogP contribution in [0.4, 0.5) is 11.4 Å². The molecule has 1 amide bonds. The van der Waals surface area contributed by atoms with E-state index >= 15 is 0 Å². The Hall–Kier alpha value is -2.49. The molecule has 2 aromatic rings. The summed E-state index contributed by atoms with van der Waals surface area (Å²) in [6.07, 6.45) is 2.16. The van der Waals surface area contributed by atoms with Gasteiger partial charge < -0.3 is 15.0 Å². The highest BCUT2D eigenvalue weighted by Crippen LogP contribution is 2.28. The summed E-state index contributed by atoms with van der Waals surface area (Å²) in [5.74, 6) is 0.823. The number of benzene rings is 2. The van der Waals surface area contributed by atoms with Crippen molar-refractivity contribution in [3.63, 3.8) is 0 Å². The largest absolute Gasteiger partial charge is 0.494 e. The zero-order valence-electron chi connectivity index (χ0n) is 14.3. The van der Waals surface area contributed by atoms with Gasteiger partial charge in [-0.25, -0.2) is 0 Å². The van der Waals surface area contributed by atoms with Gasteiger partial charge in [-0.3, -0.25) is 4.79 Å². The molecule has 3 rings (SSSR count). The minimum Gasteiger partial charge on any atom is -0.494 e. The Kier molecular flexibility index (Phi) is 5.04. The van der Waals surface area contributed by atoms with Gasteiger partial charge >= 0.3 is 0 Å². The number of rotatable bonds is 5. The van der Waals surface area contributed by atoms with E-state index in [2.05, 4.69) is 28.4 Å². The highest BCUT2D eigenvalue weighted by Gasteiger charge is 2.25. The lowest BCUT2D eigenvalue weighted by atomic mass is 10.00. The smallest absolute Gasteiger partial charge is 0.246 e. The predicted molar refractivity (Wildman–Crippen MR) is 97.8 cm³/mol. The van der Waals surface area contributed by atoms with E-state index in [9.17, 15) is 4.79 Å².